The summed E-state index contributed by atoms with van der Waals surface area (Å²) in [6.45, 7) is 5.22. The Morgan fingerprint density at radius 1 is 0.940 bits per heavy atom. The molecule has 2 aliphatic rings. The van der Waals surface area contributed by atoms with Gasteiger partial charge in [0.2, 0.25) is 0 Å². The number of para-hydroxylation sites is 1. The van der Waals surface area contributed by atoms with Crippen LogP contribution in [-0.4, -0.2) is 70.8 Å². The second-order valence-corrected chi connectivity index (χ2v) is 20.1. The largest absolute Gasteiger partial charge is 0.530 e. The van der Waals surface area contributed by atoms with Crippen molar-refractivity contribution in [1.29, 1.82) is 5.26 Å². The van der Waals surface area contributed by atoms with E-state index in [0.29, 0.717) is 29.0 Å². The van der Waals surface area contributed by atoms with E-state index in [0.717, 1.165) is 25.7 Å². The van der Waals surface area contributed by atoms with Crippen LogP contribution in [0.1, 0.15) is 153 Å². The summed E-state index contributed by atoms with van der Waals surface area (Å²) in [7, 11) is -2.99. The van der Waals surface area contributed by atoms with E-state index in [2.05, 4.69) is 22.0 Å². The van der Waals surface area contributed by atoms with Crippen LogP contribution < -0.4 is 10.3 Å². The summed E-state index contributed by atoms with van der Waals surface area (Å²) < 4.78 is 75.7. The molecule has 6 rings (SSSR count). The van der Waals surface area contributed by atoms with Crippen LogP contribution in [0.3, 0.4) is 0 Å². The molecule has 4 aromatic rings. The van der Waals surface area contributed by atoms with Crippen molar-refractivity contribution in [2.24, 2.45) is 4.99 Å². The average molecular weight is 968 g/mol. The second-order valence-electron chi connectivity index (χ2n) is 18.1. The predicted molar refractivity (Wildman–Crippen MR) is 258 cm³/mol. The minimum absolute atomic E-state index is 0.0116. The van der Waals surface area contributed by atoms with Gasteiger partial charge in [-0.05, 0) is 68.3 Å². The van der Waals surface area contributed by atoms with Crippen LogP contribution in [0.25, 0.3) is 5.52 Å². The van der Waals surface area contributed by atoms with Crippen molar-refractivity contribution in [3.8, 4) is 11.8 Å². The number of ether oxygens (including phenoxy) is 4. The Hall–Kier alpha value is -3.97. The molecule has 1 unspecified atom stereocenters. The normalized spacial score (nSPS) is 21.4. The molecule has 14 nitrogen and oxygen atoms in total. The van der Waals surface area contributed by atoms with E-state index >= 15 is 4.57 Å². The lowest BCUT2D eigenvalue weighted by molar-refractivity contribution is -0.201. The highest BCUT2D eigenvalue weighted by molar-refractivity contribution is 7.49. The average Bonchev–Trinajstić information content (AvgIpc) is 3.97. The molecule has 2 aromatic heterocycles. The lowest BCUT2D eigenvalue weighted by atomic mass is 9.96. The molecule has 366 valence electrons. The molecule has 0 saturated carbocycles. The van der Waals surface area contributed by atoms with Crippen LogP contribution in [0.4, 0.5) is 10.2 Å². The van der Waals surface area contributed by atoms with Gasteiger partial charge in [-0.1, -0.05) is 133 Å². The van der Waals surface area contributed by atoms with Crippen LogP contribution in [0.15, 0.2) is 65.9 Å². The Morgan fingerprint density at radius 2 is 1.61 bits per heavy atom. The van der Waals surface area contributed by atoms with E-state index in [1.54, 1.807) is 68.0 Å². The number of aliphatic imine (C=N–C) groups is 1. The fourth-order valence-electron chi connectivity index (χ4n) is 8.88. The number of nitrogen functional groups attached to an aromatic ring is 1. The van der Waals surface area contributed by atoms with Crippen LogP contribution in [-0.2, 0) is 39.2 Å². The van der Waals surface area contributed by atoms with E-state index in [-0.39, 0.29) is 29.5 Å². The van der Waals surface area contributed by atoms with E-state index in [1.165, 1.54) is 95.5 Å². The van der Waals surface area contributed by atoms with Crippen LogP contribution in [0.5, 0.6) is 5.75 Å². The molecule has 0 spiro atoms. The molecule has 0 aliphatic carbocycles. The summed E-state index contributed by atoms with van der Waals surface area (Å²) in [5, 5.41) is 14.1. The topological polar surface area (TPSA) is 174 Å². The van der Waals surface area contributed by atoms with Crippen molar-refractivity contribution in [2.75, 3.05) is 26.0 Å². The molecular formula is C50H69ClFN6O8P. The van der Waals surface area contributed by atoms with Gasteiger partial charge in [0.05, 0.1) is 48.3 Å². The molecule has 0 amide bonds. The Morgan fingerprint density at radius 3 is 2.27 bits per heavy atom. The Kier molecular flexibility index (Phi) is 20.0. The minimum Gasteiger partial charge on any atom is -0.402 e. The van der Waals surface area contributed by atoms with Crippen LogP contribution in [0, 0.1) is 17.1 Å². The zero-order valence-electron chi connectivity index (χ0n) is 39.6. The van der Waals surface area contributed by atoms with Crippen molar-refractivity contribution in [3.05, 3.63) is 88.6 Å². The molecule has 2 aromatic carbocycles. The van der Waals surface area contributed by atoms with Gasteiger partial charge < -0.3 is 29.2 Å². The molecule has 6 atom stereocenters. The van der Waals surface area contributed by atoms with Gasteiger partial charge in [-0.3, -0.25) is 14.0 Å². The number of phosphoric ester groups is 1. The van der Waals surface area contributed by atoms with Crippen molar-refractivity contribution < 1.29 is 41.5 Å². The quantitative estimate of drug-likeness (QED) is 0.0298. The van der Waals surface area contributed by atoms with Crippen LogP contribution >= 0.6 is 19.4 Å². The van der Waals surface area contributed by atoms with E-state index in [4.69, 9.17) is 49.9 Å². The van der Waals surface area contributed by atoms with Crippen molar-refractivity contribution in [2.45, 2.75) is 172 Å². The van der Waals surface area contributed by atoms with E-state index in [1.807, 2.05) is 12.1 Å². The summed E-state index contributed by atoms with van der Waals surface area (Å²) in [4.78, 5) is 8.47. The first kappa shape index (κ1) is 52.4. The van der Waals surface area contributed by atoms with Crippen molar-refractivity contribution in [1.82, 2.24) is 14.6 Å². The first-order valence-electron chi connectivity index (χ1n) is 24.1. The summed E-state index contributed by atoms with van der Waals surface area (Å²) >= 11 is 6.53. The lowest BCUT2D eigenvalue weighted by Gasteiger charge is -2.32. The molecule has 2 N–H and O–H groups in total. The molecule has 67 heavy (non-hydrogen) atoms. The highest BCUT2D eigenvalue weighted by atomic mass is 35.5. The fourth-order valence-corrected chi connectivity index (χ4v) is 10.4. The summed E-state index contributed by atoms with van der Waals surface area (Å²) in [5.41, 5.74) is 6.57. The third-order valence-electron chi connectivity index (χ3n) is 12.3. The number of unbranched alkanes of at least 4 members (excludes halogenated alkanes) is 15. The van der Waals surface area contributed by atoms with Gasteiger partial charge in [0.25, 0.3) is 0 Å². The van der Waals surface area contributed by atoms with Gasteiger partial charge in [0.1, 0.15) is 41.7 Å². The van der Waals surface area contributed by atoms with E-state index < -0.39 is 56.1 Å². The highest BCUT2D eigenvalue weighted by Crippen LogP contribution is 2.55. The Balaban J connectivity index is 1.12. The maximum atomic E-state index is 15.0. The minimum atomic E-state index is -4.57. The molecule has 0 bridgehead atoms. The summed E-state index contributed by atoms with van der Waals surface area (Å²) in [6.07, 6.45) is 20.4. The maximum absolute atomic E-state index is 15.0. The van der Waals surface area contributed by atoms with Crippen LogP contribution in [0.2, 0.25) is 5.02 Å². The number of nitrogens with two attached hydrogens (primary N) is 1. The highest BCUT2D eigenvalue weighted by Gasteiger charge is 2.64. The molecule has 17 heteroatoms. The zero-order chi connectivity index (χ0) is 47.7. The number of halogens is 2. The molecular weight excluding hydrogens is 898 g/mol. The zero-order valence-corrected chi connectivity index (χ0v) is 41.2. The molecule has 2 saturated heterocycles. The van der Waals surface area contributed by atoms with Gasteiger partial charge in [-0.15, -0.1) is 0 Å². The first-order chi connectivity index (χ1) is 32.4. The number of fused-ring (bicyclic) bond motifs is 2. The van der Waals surface area contributed by atoms with Gasteiger partial charge in [0, 0.05) is 13.3 Å². The monoisotopic (exact) mass is 966 g/mol. The number of rotatable bonds is 30. The first-order valence-corrected chi connectivity index (χ1v) is 25.9. The predicted octanol–water partition coefficient (Wildman–Crippen LogP) is 12.5. The van der Waals surface area contributed by atoms with E-state index in [9.17, 15) is 9.65 Å². The molecule has 4 heterocycles. The number of benzene rings is 2. The number of hydrogen-bond acceptors (Lipinski definition) is 13. The third kappa shape index (κ3) is 15.0. The van der Waals surface area contributed by atoms with Gasteiger partial charge in [-0.25, -0.2) is 18.5 Å². The molecule has 0 radical (unpaired) electrons. The Labute approximate surface area is 400 Å². The SMILES string of the molecule is CCCCCCCCCCCCCCCCCC[C@H](COP(=O)(OC[C@@]1(/C=N\C)O[C@@H](c2ccc3c(N)ncnn23)[C@@H]2OC(C)(C)O[C@@H]21)Oc1ccccc1Cl)OCc1cc(F)cc(C#N)c1. The number of hydrogen-bond donors (Lipinski definition) is 1. The summed E-state index contributed by atoms with van der Waals surface area (Å²) in [5.74, 6) is -1.21. The fraction of sp³-hybridized carbons (Fsp3) is 0.600. The Bertz CT molecular complexity index is 2290. The number of nitriles is 1. The van der Waals surface area contributed by atoms with Crippen molar-refractivity contribution in [3.63, 3.8) is 0 Å². The van der Waals surface area contributed by atoms with Gasteiger partial charge in [-0.2, -0.15) is 10.4 Å². The smallest absolute Gasteiger partial charge is 0.402 e. The third-order valence-corrected chi connectivity index (χ3v) is 13.9. The number of nitrogens with zero attached hydrogens (tertiary/aromatic N) is 5. The number of phosphoric acid groups is 1. The molecule has 2 aliphatic heterocycles. The molecule has 2 fully saturated rings. The van der Waals surface area contributed by atoms with Crippen molar-refractivity contribution >= 4 is 37.0 Å². The number of aromatic nitrogens is 3. The standard InChI is InChI=1S/C50H69ClFN6O8P/c1-5-6-7-8-9-10-11-12-13-14-15-16-17-18-19-20-23-40(60-32-38-28-37(31-53)29-39(52)30-38)33-61-67(59,66-44-25-22-21-24-41(44)51)62-35-50(34-55-4)47-46(63-49(2,3)65-47)45(64-50)42-26-27-43-48(54)56-36-57-58(42)43/h21-22,24-30,34,36,40,45-47H,5-20,23,32-33,35H2,1-4H3,(H2,54,56,57)/b55-34-/t40-,45+,46+,47+,50-,67?/m1/s1. The van der Waals surface area contributed by atoms with Gasteiger partial charge >= 0.3 is 7.82 Å². The second kappa shape index (κ2) is 25.6. The lowest BCUT2D eigenvalue weighted by Crippen LogP contribution is -2.48. The number of anilines is 1. The maximum Gasteiger partial charge on any atom is 0.530 e. The summed E-state index contributed by atoms with van der Waals surface area (Å²) in [6, 6.07) is 16.3. The van der Waals surface area contributed by atoms with Gasteiger partial charge in [0.15, 0.2) is 17.2 Å².